The van der Waals surface area contributed by atoms with Crippen LogP contribution in [0.3, 0.4) is 0 Å². The molecular formula is C18H21ClF3NO3. The Hall–Kier alpha value is -1.47. The first-order valence-electron chi connectivity index (χ1n) is 8.74. The fourth-order valence-corrected chi connectivity index (χ4v) is 3.45. The zero-order chi connectivity index (χ0) is 18.9. The third-order valence-corrected chi connectivity index (χ3v) is 5.47. The van der Waals surface area contributed by atoms with E-state index in [4.69, 9.17) is 16.3 Å². The number of carbonyl (C=O) groups excluding carboxylic acids is 1. The van der Waals surface area contributed by atoms with Gasteiger partial charge >= 0.3 is 6.18 Å². The number of hydrogen-bond acceptors (Lipinski definition) is 3. The van der Waals surface area contributed by atoms with Crippen molar-refractivity contribution >= 4 is 17.5 Å². The number of likely N-dealkylation sites (tertiary alicyclic amines) is 1. The predicted molar refractivity (Wildman–Crippen MR) is 90.5 cm³/mol. The summed E-state index contributed by atoms with van der Waals surface area (Å²) < 4.78 is 44.8. The van der Waals surface area contributed by atoms with E-state index >= 15 is 0 Å². The molecule has 26 heavy (non-hydrogen) atoms. The molecule has 1 aromatic rings. The van der Waals surface area contributed by atoms with Gasteiger partial charge in [0.15, 0.2) is 5.60 Å². The first kappa shape index (κ1) is 19.3. The molecule has 0 aromatic heterocycles. The molecule has 0 bridgehead atoms. The summed E-state index contributed by atoms with van der Waals surface area (Å²) in [4.78, 5) is 14.0. The molecule has 1 atom stereocenters. The van der Waals surface area contributed by atoms with Gasteiger partial charge in [-0.3, -0.25) is 4.79 Å². The van der Waals surface area contributed by atoms with Crippen LogP contribution >= 0.6 is 11.6 Å². The normalized spacial score (nSPS) is 24.7. The summed E-state index contributed by atoms with van der Waals surface area (Å²) in [6, 6.07) is 4.76. The van der Waals surface area contributed by atoms with E-state index in [2.05, 4.69) is 0 Å². The maximum absolute atomic E-state index is 13.0. The minimum absolute atomic E-state index is 0.0717. The summed E-state index contributed by atoms with van der Waals surface area (Å²) in [6.07, 6.45) is -2.29. The lowest BCUT2D eigenvalue weighted by Gasteiger charge is -2.29. The van der Waals surface area contributed by atoms with E-state index in [0.717, 1.165) is 19.3 Å². The van der Waals surface area contributed by atoms with Gasteiger partial charge in [0.2, 0.25) is 0 Å². The molecule has 144 valence electrons. The van der Waals surface area contributed by atoms with Crippen LogP contribution in [0.1, 0.15) is 48.9 Å². The molecule has 1 unspecified atom stereocenters. The monoisotopic (exact) mass is 391 g/mol. The molecule has 1 amide bonds. The zero-order valence-corrected chi connectivity index (χ0v) is 14.9. The Morgan fingerprint density at radius 3 is 2.54 bits per heavy atom. The van der Waals surface area contributed by atoms with Crippen LogP contribution in [0, 0.1) is 0 Å². The van der Waals surface area contributed by atoms with E-state index in [1.54, 1.807) is 18.2 Å². The fourth-order valence-electron chi connectivity index (χ4n) is 3.20. The lowest BCUT2D eigenvalue weighted by molar-refractivity contribution is -0.263. The first-order chi connectivity index (χ1) is 12.2. The molecule has 4 nitrogen and oxygen atoms in total. The molecular weight excluding hydrogens is 371 g/mol. The third-order valence-electron chi connectivity index (χ3n) is 5.15. The van der Waals surface area contributed by atoms with E-state index in [1.165, 1.54) is 4.90 Å². The van der Waals surface area contributed by atoms with Crippen molar-refractivity contribution in [2.75, 3.05) is 13.1 Å². The highest BCUT2D eigenvalue weighted by molar-refractivity contribution is 6.34. The molecule has 0 spiro atoms. The van der Waals surface area contributed by atoms with Gasteiger partial charge in [0.1, 0.15) is 5.75 Å². The van der Waals surface area contributed by atoms with Gasteiger partial charge in [-0.1, -0.05) is 11.6 Å². The van der Waals surface area contributed by atoms with Crippen molar-refractivity contribution in [1.29, 1.82) is 0 Å². The van der Waals surface area contributed by atoms with E-state index in [0.29, 0.717) is 5.75 Å². The number of rotatable bonds is 3. The Bertz CT molecular complexity index is 678. The van der Waals surface area contributed by atoms with Crippen LogP contribution in [0.25, 0.3) is 0 Å². The largest absolute Gasteiger partial charge is 0.490 e. The SMILES string of the molecule is O=C(c1ccc(OC2CCC2)cc1Cl)N1CCCC(O)(C(F)(F)F)CC1. The zero-order valence-electron chi connectivity index (χ0n) is 14.2. The molecule has 1 aliphatic heterocycles. The molecule has 1 N–H and O–H groups in total. The van der Waals surface area contributed by atoms with Crippen LogP contribution in [0.4, 0.5) is 13.2 Å². The maximum Gasteiger partial charge on any atom is 0.417 e. The number of nitrogens with zero attached hydrogens (tertiary/aromatic N) is 1. The molecule has 0 radical (unpaired) electrons. The standard InChI is InChI=1S/C18H21ClF3NO3/c19-15-11-13(26-12-3-1-4-12)5-6-14(15)16(24)23-9-2-7-17(25,8-10-23)18(20,21)22/h5-6,11-12,25H,1-4,7-10H2. The molecule has 1 saturated carbocycles. The highest BCUT2D eigenvalue weighted by Gasteiger charge is 2.53. The predicted octanol–water partition coefficient (Wildman–Crippen LogP) is 4.19. The molecule has 1 saturated heterocycles. The number of carbonyl (C=O) groups is 1. The highest BCUT2D eigenvalue weighted by Crippen LogP contribution is 2.38. The van der Waals surface area contributed by atoms with Crippen molar-refractivity contribution in [1.82, 2.24) is 4.90 Å². The van der Waals surface area contributed by atoms with E-state index in [1.807, 2.05) is 0 Å². The molecule has 1 heterocycles. The van der Waals surface area contributed by atoms with Gasteiger partial charge in [-0.2, -0.15) is 13.2 Å². The van der Waals surface area contributed by atoms with Crippen molar-refractivity contribution < 1.29 is 27.8 Å². The lowest BCUT2D eigenvalue weighted by atomic mass is 9.94. The summed E-state index contributed by atoms with van der Waals surface area (Å²) >= 11 is 6.20. The smallest absolute Gasteiger partial charge is 0.417 e. The molecule has 1 aliphatic carbocycles. The van der Waals surface area contributed by atoms with Crippen LogP contribution in [-0.4, -0.2) is 46.9 Å². The Morgan fingerprint density at radius 2 is 1.96 bits per heavy atom. The van der Waals surface area contributed by atoms with Crippen molar-refractivity contribution in [3.8, 4) is 5.75 Å². The molecule has 8 heteroatoms. The van der Waals surface area contributed by atoms with E-state index in [-0.39, 0.29) is 36.2 Å². The van der Waals surface area contributed by atoms with Crippen molar-refractivity contribution in [2.24, 2.45) is 0 Å². The minimum atomic E-state index is -4.70. The van der Waals surface area contributed by atoms with Crippen LogP contribution in [-0.2, 0) is 0 Å². The summed E-state index contributed by atoms with van der Waals surface area (Å²) in [7, 11) is 0. The van der Waals surface area contributed by atoms with Crippen LogP contribution < -0.4 is 4.74 Å². The van der Waals surface area contributed by atoms with Gasteiger partial charge in [-0.15, -0.1) is 0 Å². The van der Waals surface area contributed by atoms with Gasteiger partial charge in [0.25, 0.3) is 5.91 Å². The highest BCUT2D eigenvalue weighted by atomic mass is 35.5. The van der Waals surface area contributed by atoms with Gasteiger partial charge in [-0.25, -0.2) is 0 Å². The summed E-state index contributed by atoms with van der Waals surface area (Å²) in [6.45, 7) is -0.0284. The number of hydrogen-bond donors (Lipinski definition) is 1. The van der Waals surface area contributed by atoms with Crippen molar-refractivity contribution in [3.63, 3.8) is 0 Å². The summed E-state index contributed by atoms with van der Waals surface area (Å²) in [5, 5.41) is 10.1. The average Bonchev–Trinajstić information content (AvgIpc) is 2.73. The van der Waals surface area contributed by atoms with Crippen molar-refractivity contribution in [3.05, 3.63) is 28.8 Å². The Balaban J connectivity index is 1.69. The fraction of sp³-hybridized carbons (Fsp3) is 0.611. The van der Waals surface area contributed by atoms with Gasteiger partial charge in [-0.05, 0) is 50.3 Å². The lowest BCUT2D eigenvalue weighted by Crippen LogP contribution is -2.46. The number of alkyl halides is 3. The van der Waals surface area contributed by atoms with Crippen LogP contribution in [0.15, 0.2) is 18.2 Å². The average molecular weight is 392 g/mol. The molecule has 2 fully saturated rings. The topological polar surface area (TPSA) is 49.8 Å². The summed E-state index contributed by atoms with van der Waals surface area (Å²) in [5.74, 6) is 0.148. The number of benzene rings is 1. The Morgan fingerprint density at radius 1 is 1.23 bits per heavy atom. The second-order valence-electron chi connectivity index (χ2n) is 6.99. The van der Waals surface area contributed by atoms with Crippen LogP contribution in [0.5, 0.6) is 5.75 Å². The Kier molecular flexibility index (Phi) is 5.40. The first-order valence-corrected chi connectivity index (χ1v) is 9.12. The minimum Gasteiger partial charge on any atom is -0.490 e. The summed E-state index contributed by atoms with van der Waals surface area (Å²) in [5.41, 5.74) is -2.52. The van der Waals surface area contributed by atoms with Gasteiger partial charge in [0.05, 0.1) is 16.7 Å². The molecule has 1 aromatic carbocycles. The number of halogens is 4. The van der Waals surface area contributed by atoms with Crippen LogP contribution in [0.2, 0.25) is 5.02 Å². The molecule has 3 rings (SSSR count). The van der Waals surface area contributed by atoms with Gasteiger partial charge < -0.3 is 14.7 Å². The number of amides is 1. The molecule has 2 aliphatic rings. The van der Waals surface area contributed by atoms with Crippen molar-refractivity contribution in [2.45, 2.75) is 56.4 Å². The number of ether oxygens (including phenoxy) is 1. The van der Waals surface area contributed by atoms with E-state index in [9.17, 15) is 23.1 Å². The van der Waals surface area contributed by atoms with E-state index < -0.39 is 30.5 Å². The third kappa shape index (κ3) is 3.93. The maximum atomic E-state index is 13.0. The second kappa shape index (κ2) is 7.27. The quantitative estimate of drug-likeness (QED) is 0.840. The Labute approximate surface area is 154 Å². The second-order valence-corrected chi connectivity index (χ2v) is 7.39. The number of aliphatic hydroxyl groups is 1. The van der Waals surface area contributed by atoms with Gasteiger partial charge in [0, 0.05) is 19.5 Å².